The van der Waals surface area contributed by atoms with Crippen LogP contribution in [0.1, 0.15) is 34.2 Å². The first kappa shape index (κ1) is 12.0. The number of carbonyl (C=O) groups is 2. The molecule has 19 heavy (non-hydrogen) atoms. The molecular weight excluding hydrogens is 244 g/mol. The summed E-state index contributed by atoms with van der Waals surface area (Å²) in [6.45, 7) is 0. The lowest BCUT2D eigenvalue weighted by Gasteiger charge is -2.18. The van der Waals surface area contributed by atoms with Gasteiger partial charge in [0.15, 0.2) is 5.78 Å². The van der Waals surface area contributed by atoms with E-state index >= 15 is 0 Å². The fraction of sp³-hybridized carbons (Fsp3) is 0.429. The molecule has 102 valence electrons. The second-order valence-electron chi connectivity index (χ2n) is 4.81. The number of allylic oxidation sites excluding steroid dienone is 1. The van der Waals surface area contributed by atoms with E-state index in [4.69, 9.17) is 6.11 Å². The smallest absolute Gasteiger partial charge is 0.340 e. The van der Waals surface area contributed by atoms with Crippen LogP contribution in [-0.4, -0.2) is 42.4 Å². The van der Waals surface area contributed by atoms with Crippen molar-refractivity contribution in [2.24, 2.45) is 7.05 Å². The summed E-state index contributed by atoms with van der Waals surface area (Å²) in [6.07, 6.45) is 3.05. The molecule has 0 spiro atoms. The molecule has 0 bridgehead atoms. The Hall–Kier alpha value is -2.04. The molecule has 0 amide bonds. The number of ether oxygens (including phenoxy) is 1. The minimum Gasteiger partial charge on any atom is -0.465 e. The van der Waals surface area contributed by atoms with Crippen LogP contribution in [-0.2, 0) is 18.2 Å². The molecule has 1 aliphatic rings. The van der Waals surface area contributed by atoms with Gasteiger partial charge >= 0.3 is 5.97 Å². The molecule has 1 aliphatic carbocycles. The summed E-state index contributed by atoms with van der Waals surface area (Å²) < 4.78 is 14.3. The fourth-order valence-corrected chi connectivity index (χ4v) is 2.35. The van der Waals surface area contributed by atoms with Crippen LogP contribution >= 0.6 is 0 Å². The summed E-state index contributed by atoms with van der Waals surface area (Å²) in [5.74, 6) is -0.819. The molecule has 0 radical (unpaired) electrons. The predicted molar refractivity (Wildman–Crippen MR) is 71.2 cm³/mol. The third-order valence-electron chi connectivity index (χ3n) is 3.18. The van der Waals surface area contributed by atoms with Gasteiger partial charge in [0.05, 0.1) is 19.6 Å². The lowest BCUT2D eigenvalue weighted by molar-refractivity contribution is 0.0597. The molecule has 1 heterocycles. The molecule has 1 aromatic rings. The second-order valence-corrected chi connectivity index (χ2v) is 4.81. The summed E-state index contributed by atoms with van der Waals surface area (Å²) in [5.41, 5.74) is 1.78. The highest BCUT2D eigenvalue weighted by molar-refractivity contribution is 6.16. The van der Waals surface area contributed by atoms with Crippen LogP contribution in [0.25, 0.3) is 0 Å². The van der Waals surface area contributed by atoms with Gasteiger partial charge in [-0.3, -0.25) is 4.79 Å². The van der Waals surface area contributed by atoms with E-state index in [2.05, 4.69) is 0 Å². The van der Waals surface area contributed by atoms with Crippen LogP contribution in [0.15, 0.2) is 17.9 Å². The first-order valence-corrected chi connectivity index (χ1v) is 6.06. The van der Waals surface area contributed by atoms with E-state index in [1.54, 1.807) is 22.7 Å². The summed E-state index contributed by atoms with van der Waals surface area (Å²) in [4.78, 5) is 26.2. The average Bonchev–Trinajstić information content (AvgIpc) is 2.65. The number of ketones is 1. The van der Waals surface area contributed by atoms with Crippen molar-refractivity contribution in [1.29, 1.82) is 0 Å². The molecule has 0 fully saturated rings. The van der Waals surface area contributed by atoms with Gasteiger partial charge in [-0.25, -0.2) is 4.79 Å². The fourth-order valence-electron chi connectivity index (χ4n) is 2.35. The zero-order valence-corrected chi connectivity index (χ0v) is 11.6. The Morgan fingerprint density at radius 2 is 2.21 bits per heavy atom. The first-order chi connectivity index (χ1) is 9.38. The van der Waals surface area contributed by atoms with Crippen LogP contribution < -0.4 is 0 Å². The molecule has 0 atom stereocenters. The van der Waals surface area contributed by atoms with Crippen molar-refractivity contribution in [1.82, 2.24) is 9.47 Å². The minimum atomic E-state index is -0.633. The predicted octanol–water partition coefficient (Wildman–Crippen LogP) is 1.39. The van der Waals surface area contributed by atoms with Crippen LogP contribution in [0.3, 0.4) is 0 Å². The molecule has 1 aromatic heterocycles. The monoisotopic (exact) mass is 264 g/mol. The van der Waals surface area contributed by atoms with E-state index in [0.29, 0.717) is 24.0 Å². The van der Waals surface area contributed by atoms with Crippen molar-refractivity contribution in [3.8, 4) is 0 Å². The summed E-state index contributed by atoms with van der Waals surface area (Å²) in [6, 6.07) is 0. The van der Waals surface area contributed by atoms with Gasteiger partial charge in [-0.2, -0.15) is 0 Å². The van der Waals surface area contributed by atoms with Crippen LogP contribution in [0.4, 0.5) is 0 Å². The maximum Gasteiger partial charge on any atom is 0.340 e. The number of hydrogen-bond donors (Lipinski definition) is 0. The highest BCUT2D eigenvalue weighted by atomic mass is 16.5. The van der Waals surface area contributed by atoms with Gasteiger partial charge in [0.1, 0.15) is 0 Å². The maximum atomic E-state index is 12.6. The van der Waals surface area contributed by atoms with E-state index in [1.807, 2.05) is 14.1 Å². The van der Waals surface area contributed by atoms with Crippen LogP contribution in [0, 0.1) is 0 Å². The highest BCUT2D eigenvalue weighted by Crippen LogP contribution is 2.29. The third kappa shape index (κ3) is 2.28. The van der Waals surface area contributed by atoms with Crippen molar-refractivity contribution in [2.45, 2.75) is 12.8 Å². The number of methoxy groups -OCH3 is 1. The Kier molecular flexibility index (Phi) is 3.11. The summed E-state index contributed by atoms with van der Waals surface area (Å²) >= 11 is 0. The molecule has 5 nitrogen and oxygen atoms in total. The molecule has 0 aliphatic heterocycles. The SMILES string of the molecule is [3H]c1c(C(=O)OC)c2c(n1C)CC/C(=C\N(C)C)C2=O. The van der Waals surface area contributed by atoms with Gasteiger partial charge in [-0.05, 0) is 12.8 Å². The second kappa shape index (κ2) is 4.91. The van der Waals surface area contributed by atoms with E-state index in [1.165, 1.54) is 7.11 Å². The van der Waals surface area contributed by atoms with E-state index in [9.17, 15) is 9.59 Å². The molecule has 0 aromatic carbocycles. The van der Waals surface area contributed by atoms with Gasteiger partial charge < -0.3 is 14.2 Å². The molecule has 0 unspecified atom stereocenters. The Morgan fingerprint density at radius 1 is 1.53 bits per heavy atom. The molecule has 0 saturated carbocycles. The van der Waals surface area contributed by atoms with Crippen molar-refractivity contribution in [2.75, 3.05) is 21.2 Å². The molecule has 0 N–H and O–H groups in total. The molecule has 0 saturated heterocycles. The van der Waals surface area contributed by atoms with Crippen LogP contribution in [0.2, 0.25) is 0 Å². The van der Waals surface area contributed by atoms with E-state index in [-0.39, 0.29) is 17.5 Å². The Morgan fingerprint density at radius 3 is 2.79 bits per heavy atom. The highest BCUT2D eigenvalue weighted by Gasteiger charge is 2.30. The standard InChI is InChI=1S/C14H18N2O3/c1-15(2)7-9-5-6-11-12(13(9)17)10(8-16(11)3)14(18)19-4/h7-8H,5-6H2,1-4H3/b9-7+/i8T. The van der Waals surface area contributed by atoms with Gasteiger partial charge in [-0.15, -0.1) is 0 Å². The lowest BCUT2D eigenvalue weighted by atomic mass is 9.89. The van der Waals surface area contributed by atoms with Crippen molar-refractivity contribution >= 4 is 11.8 Å². The van der Waals surface area contributed by atoms with E-state index < -0.39 is 5.97 Å². The number of rotatable bonds is 2. The number of nitrogens with zero attached hydrogens (tertiary/aromatic N) is 2. The van der Waals surface area contributed by atoms with Crippen molar-refractivity contribution in [3.63, 3.8) is 0 Å². The van der Waals surface area contributed by atoms with Gasteiger partial charge in [0.25, 0.3) is 0 Å². The molecule has 5 heteroatoms. The van der Waals surface area contributed by atoms with Gasteiger partial charge in [0, 0.05) is 44.8 Å². The Balaban J connectivity index is 2.62. The first-order valence-electron chi connectivity index (χ1n) is 6.56. The minimum absolute atomic E-state index is 0.0290. The van der Waals surface area contributed by atoms with Crippen LogP contribution in [0.5, 0.6) is 0 Å². The number of hydrogen-bond acceptors (Lipinski definition) is 4. The lowest BCUT2D eigenvalue weighted by Crippen LogP contribution is -2.19. The molecule has 2 rings (SSSR count). The number of Topliss-reactive ketones (excluding diaryl/α,β-unsaturated/α-hetero) is 1. The zero-order valence-electron chi connectivity index (χ0n) is 12.6. The number of aromatic nitrogens is 1. The number of esters is 1. The Bertz CT molecular complexity index is 614. The Labute approximate surface area is 113 Å². The third-order valence-corrected chi connectivity index (χ3v) is 3.18. The largest absolute Gasteiger partial charge is 0.465 e. The summed E-state index contributed by atoms with van der Waals surface area (Å²) in [7, 11) is 6.64. The van der Waals surface area contributed by atoms with Gasteiger partial charge in [0.2, 0.25) is 0 Å². The quantitative estimate of drug-likeness (QED) is 0.598. The van der Waals surface area contributed by atoms with Gasteiger partial charge in [-0.1, -0.05) is 0 Å². The van der Waals surface area contributed by atoms with Crippen molar-refractivity contribution < 1.29 is 15.7 Å². The average molecular weight is 264 g/mol. The summed E-state index contributed by atoms with van der Waals surface area (Å²) in [5, 5.41) is 0. The molecular formula is C14H18N2O3. The van der Waals surface area contributed by atoms with E-state index in [0.717, 1.165) is 5.69 Å². The maximum absolute atomic E-state index is 12.6. The van der Waals surface area contributed by atoms with Crippen molar-refractivity contribution in [3.05, 3.63) is 34.8 Å². The number of fused-ring (bicyclic) bond motifs is 1. The topological polar surface area (TPSA) is 51.5 Å². The number of carbonyl (C=O) groups excluding carboxylic acids is 2. The normalized spacial score (nSPS) is 17.2. The zero-order chi connectivity index (χ0) is 15.0.